The number of nitrogens with two attached hydrogens (primary N) is 1. The number of piperazine rings is 1. The second-order valence-electron chi connectivity index (χ2n) is 7.84. The van der Waals surface area contributed by atoms with Crippen molar-refractivity contribution in [3.05, 3.63) is 53.4 Å². The minimum Gasteiger partial charge on any atom is -0.398 e. The zero-order chi connectivity index (χ0) is 22.0. The lowest BCUT2D eigenvalue weighted by Crippen LogP contribution is -2.47. The lowest BCUT2D eigenvalue weighted by atomic mass is 9.97. The van der Waals surface area contributed by atoms with E-state index in [1.165, 1.54) is 12.4 Å². The molecule has 1 aromatic carbocycles. The van der Waals surface area contributed by atoms with Gasteiger partial charge in [-0.3, -0.25) is 10.3 Å². The second kappa shape index (κ2) is 8.91. The van der Waals surface area contributed by atoms with E-state index in [9.17, 15) is 4.39 Å². The molecular weight excluding hydrogens is 397 g/mol. The first-order valence-electron chi connectivity index (χ1n) is 10.3. The van der Waals surface area contributed by atoms with Crippen LogP contribution in [0.5, 0.6) is 0 Å². The van der Waals surface area contributed by atoms with E-state index in [1.807, 2.05) is 24.0 Å². The molecule has 0 spiro atoms. The number of benzene rings is 1. The van der Waals surface area contributed by atoms with E-state index < -0.39 is 5.82 Å². The van der Waals surface area contributed by atoms with Gasteiger partial charge >= 0.3 is 0 Å². The Hall–Kier alpha value is -3.17. The number of aliphatic hydroxyl groups is 1. The number of hydrogen-bond donors (Lipinski definition) is 3. The summed E-state index contributed by atoms with van der Waals surface area (Å²) in [5.41, 5.74) is 8.46. The molecule has 0 aliphatic carbocycles. The summed E-state index contributed by atoms with van der Waals surface area (Å²) < 4.78 is 16.3. The first-order valence-corrected chi connectivity index (χ1v) is 10.3. The van der Waals surface area contributed by atoms with E-state index in [0.717, 1.165) is 50.5 Å². The topological polar surface area (TPSA) is 105 Å². The molecule has 2 aliphatic heterocycles. The van der Waals surface area contributed by atoms with Crippen molar-refractivity contribution in [2.24, 2.45) is 0 Å². The Balaban J connectivity index is 1.53. The molecule has 31 heavy (non-hydrogen) atoms. The van der Waals surface area contributed by atoms with Gasteiger partial charge in [-0.25, -0.2) is 18.9 Å². The molecule has 1 aromatic heterocycles. The summed E-state index contributed by atoms with van der Waals surface area (Å²) in [4.78, 5) is 13.1. The van der Waals surface area contributed by atoms with Crippen LogP contribution < -0.4 is 10.6 Å². The van der Waals surface area contributed by atoms with Gasteiger partial charge in [0.2, 0.25) is 0 Å². The van der Waals surface area contributed by atoms with Crippen molar-refractivity contribution in [2.45, 2.75) is 6.42 Å². The molecule has 1 saturated heterocycles. The third kappa shape index (κ3) is 4.47. The fourth-order valence-corrected chi connectivity index (χ4v) is 3.88. The van der Waals surface area contributed by atoms with E-state index in [1.54, 1.807) is 12.1 Å². The van der Waals surface area contributed by atoms with Crippen LogP contribution in [0, 0.1) is 11.2 Å². The number of aromatic nitrogens is 2. The highest BCUT2D eigenvalue weighted by molar-refractivity contribution is 6.15. The van der Waals surface area contributed by atoms with Gasteiger partial charge in [0.15, 0.2) is 12.4 Å². The van der Waals surface area contributed by atoms with Gasteiger partial charge in [-0.1, -0.05) is 0 Å². The second-order valence-corrected chi connectivity index (χ2v) is 7.84. The minimum absolute atomic E-state index is 0.136. The maximum Gasteiger partial charge on any atom is 0.182 e. The third-order valence-electron chi connectivity index (χ3n) is 5.64. The summed E-state index contributed by atoms with van der Waals surface area (Å²) in [5.74, 6) is 0.348. The van der Waals surface area contributed by atoms with Gasteiger partial charge in [0.1, 0.15) is 30.6 Å². The number of nitrogens with one attached hydrogen (secondary N) is 1. The van der Waals surface area contributed by atoms with Crippen molar-refractivity contribution in [1.82, 2.24) is 14.9 Å². The zero-order valence-electron chi connectivity index (χ0n) is 17.6. The van der Waals surface area contributed by atoms with Crippen LogP contribution in [0.3, 0.4) is 0 Å². The number of halogens is 1. The summed E-state index contributed by atoms with van der Waals surface area (Å²) in [6.07, 6.45) is 5.88. The minimum atomic E-state index is -0.410. The average Bonchev–Trinajstić information content (AvgIpc) is 2.76. The Labute approximate surface area is 180 Å². The molecule has 0 bridgehead atoms. The smallest absolute Gasteiger partial charge is 0.182 e. The number of nitrogens with zero attached hydrogens (tertiary/aromatic N) is 5. The number of allylic oxidation sites excluding steroid dienone is 1. The van der Waals surface area contributed by atoms with Crippen molar-refractivity contribution >= 4 is 29.0 Å². The normalized spacial score (nSPS) is 16.5. The SMILES string of the molecule is C[N+]1=CC(c2cc(C(=N)c3cc(N4CCN(CCCO)CC4)ncn3)c(N)cc2F)=C1. The van der Waals surface area contributed by atoms with Crippen LogP contribution in [-0.4, -0.2) is 82.9 Å². The number of rotatable bonds is 7. The quantitative estimate of drug-likeness (QED) is 0.350. The highest BCUT2D eigenvalue weighted by atomic mass is 19.1. The van der Waals surface area contributed by atoms with Crippen LogP contribution >= 0.6 is 0 Å². The first-order chi connectivity index (χ1) is 15.0. The maximum atomic E-state index is 14.4. The van der Waals surface area contributed by atoms with Crippen molar-refractivity contribution in [2.75, 3.05) is 57.0 Å². The number of hydrogen-bond acceptors (Lipinski definition) is 7. The molecular formula is C22H27FN7O+. The van der Waals surface area contributed by atoms with E-state index in [4.69, 9.17) is 16.2 Å². The zero-order valence-corrected chi connectivity index (χ0v) is 17.6. The third-order valence-corrected chi connectivity index (χ3v) is 5.64. The lowest BCUT2D eigenvalue weighted by Gasteiger charge is -2.35. The number of anilines is 2. The molecule has 4 rings (SSSR count). The van der Waals surface area contributed by atoms with Crippen LogP contribution in [0.1, 0.15) is 23.2 Å². The van der Waals surface area contributed by atoms with Crippen molar-refractivity contribution in [3.8, 4) is 0 Å². The Morgan fingerprint density at radius 3 is 2.65 bits per heavy atom. The number of aliphatic hydroxyl groups excluding tert-OH is 1. The summed E-state index contributed by atoms with van der Waals surface area (Å²) in [7, 11) is 1.87. The standard InChI is InChI=1S/C22H27FN7O/c1-28-12-15(13-28)16-9-17(19(24)10-18(16)23)22(25)20-11-21(27-14-26-20)30-6-4-29(5-7-30)3-2-8-31/h9-14,25,31H,2-8,24H2,1H3/q+1. The largest absolute Gasteiger partial charge is 0.398 e. The van der Waals surface area contributed by atoms with Gasteiger partial charge in [-0.15, -0.1) is 0 Å². The van der Waals surface area contributed by atoms with Gasteiger partial charge < -0.3 is 15.7 Å². The molecule has 4 N–H and O–H groups in total. The van der Waals surface area contributed by atoms with Gasteiger partial charge in [-0.05, 0) is 18.6 Å². The van der Waals surface area contributed by atoms with Crippen LogP contribution in [0.4, 0.5) is 15.9 Å². The maximum absolute atomic E-state index is 14.4. The van der Waals surface area contributed by atoms with Crippen molar-refractivity contribution in [3.63, 3.8) is 0 Å². The molecule has 8 nitrogen and oxygen atoms in total. The van der Waals surface area contributed by atoms with Crippen molar-refractivity contribution < 1.29 is 14.1 Å². The molecule has 0 atom stereocenters. The van der Waals surface area contributed by atoms with Gasteiger partial charge in [0.05, 0.1) is 11.4 Å². The highest BCUT2D eigenvalue weighted by Gasteiger charge is 2.23. The summed E-state index contributed by atoms with van der Waals surface area (Å²) in [6, 6.07) is 4.67. The summed E-state index contributed by atoms with van der Waals surface area (Å²) in [5, 5.41) is 17.7. The van der Waals surface area contributed by atoms with Crippen LogP contribution in [-0.2, 0) is 0 Å². The molecule has 3 heterocycles. The molecule has 9 heteroatoms. The summed E-state index contributed by atoms with van der Waals surface area (Å²) in [6.45, 7) is 4.51. The first kappa shape index (κ1) is 21.1. The van der Waals surface area contributed by atoms with Crippen LogP contribution in [0.2, 0.25) is 0 Å². The average molecular weight is 425 g/mol. The Kier molecular flexibility index (Phi) is 6.06. The molecule has 0 radical (unpaired) electrons. The molecule has 0 saturated carbocycles. The van der Waals surface area contributed by atoms with E-state index in [0.29, 0.717) is 16.8 Å². The van der Waals surface area contributed by atoms with Crippen LogP contribution in [0.15, 0.2) is 30.7 Å². The van der Waals surface area contributed by atoms with E-state index in [2.05, 4.69) is 19.8 Å². The van der Waals surface area contributed by atoms with Gasteiger partial charge in [0.25, 0.3) is 0 Å². The van der Waals surface area contributed by atoms with Gasteiger partial charge in [-0.2, -0.15) is 0 Å². The molecule has 0 amide bonds. The Morgan fingerprint density at radius 2 is 1.97 bits per heavy atom. The van der Waals surface area contributed by atoms with E-state index >= 15 is 0 Å². The fraction of sp³-hybridized carbons (Fsp3) is 0.364. The molecule has 2 aromatic rings. The molecule has 0 unspecified atom stereocenters. The Bertz CT molecular complexity index is 1060. The van der Waals surface area contributed by atoms with E-state index in [-0.39, 0.29) is 18.0 Å². The monoisotopic (exact) mass is 424 g/mol. The fourth-order valence-electron chi connectivity index (χ4n) is 3.88. The predicted octanol–water partition coefficient (Wildman–Crippen LogP) is 1.19. The summed E-state index contributed by atoms with van der Waals surface area (Å²) >= 11 is 0. The Morgan fingerprint density at radius 1 is 1.23 bits per heavy atom. The molecule has 162 valence electrons. The highest BCUT2D eigenvalue weighted by Crippen LogP contribution is 2.27. The number of nitrogen functional groups attached to an aromatic ring is 1. The predicted molar refractivity (Wildman–Crippen MR) is 119 cm³/mol. The lowest BCUT2D eigenvalue weighted by molar-refractivity contribution is -0.423. The molecule has 1 fully saturated rings. The van der Waals surface area contributed by atoms with Crippen molar-refractivity contribution in [1.29, 1.82) is 5.41 Å². The van der Waals surface area contributed by atoms with Gasteiger partial charge in [0, 0.05) is 62.2 Å². The van der Waals surface area contributed by atoms with Crippen LogP contribution in [0.25, 0.3) is 5.57 Å². The molecule has 2 aliphatic rings.